The zero-order chi connectivity index (χ0) is 22.8. The van der Waals surface area contributed by atoms with E-state index in [0.717, 1.165) is 17.7 Å². The smallest absolute Gasteiger partial charge is 0.242 e. The quantitative estimate of drug-likeness (QED) is 0.480. The van der Waals surface area contributed by atoms with E-state index in [1.165, 1.54) is 16.7 Å². The topological polar surface area (TPSA) is 49.4 Å². The lowest BCUT2D eigenvalue weighted by Crippen LogP contribution is -2.49. The third kappa shape index (κ3) is 7.89. The van der Waals surface area contributed by atoms with E-state index in [4.69, 9.17) is 11.6 Å². The predicted molar refractivity (Wildman–Crippen MR) is 131 cm³/mol. The molecule has 0 heterocycles. The molecule has 2 rings (SSSR count). The molecule has 2 aromatic rings. The van der Waals surface area contributed by atoms with Crippen molar-refractivity contribution < 1.29 is 9.59 Å². The highest BCUT2D eigenvalue weighted by molar-refractivity contribution is 7.99. The van der Waals surface area contributed by atoms with E-state index in [1.54, 1.807) is 16.7 Å². The molecular formula is C25H33ClN2O2S. The molecule has 1 N–H and O–H groups in total. The maximum Gasteiger partial charge on any atom is 0.242 e. The van der Waals surface area contributed by atoms with E-state index in [9.17, 15) is 9.59 Å². The Morgan fingerprint density at radius 2 is 1.77 bits per heavy atom. The van der Waals surface area contributed by atoms with Crippen molar-refractivity contribution >= 4 is 35.2 Å². The van der Waals surface area contributed by atoms with Gasteiger partial charge in [0.1, 0.15) is 6.04 Å². The molecule has 0 aromatic heterocycles. The van der Waals surface area contributed by atoms with Crippen LogP contribution in [-0.4, -0.2) is 35.1 Å². The third-order valence-corrected chi connectivity index (χ3v) is 6.37. The summed E-state index contributed by atoms with van der Waals surface area (Å²) < 4.78 is 0. The summed E-state index contributed by atoms with van der Waals surface area (Å²) in [5.41, 5.74) is 4.50. The summed E-state index contributed by atoms with van der Waals surface area (Å²) in [6, 6.07) is 13.4. The summed E-state index contributed by atoms with van der Waals surface area (Å²) in [6.45, 7) is 9.03. The lowest BCUT2D eigenvalue weighted by atomic mass is 10.1. The van der Waals surface area contributed by atoms with Crippen molar-refractivity contribution in [3.8, 4) is 0 Å². The summed E-state index contributed by atoms with van der Waals surface area (Å²) in [6.07, 6.45) is 1.40. The van der Waals surface area contributed by atoms with Crippen LogP contribution in [0.3, 0.4) is 0 Å². The molecule has 0 radical (unpaired) electrons. The van der Waals surface area contributed by atoms with Gasteiger partial charge >= 0.3 is 0 Å². The molecule has 31 heavy (non-hydrogen) atoms. The van der Waals surface area contributed by atoms with Gasteiger partial charge < -0.3 is 10.2 Å². The van der Waals surface area contributed by atoms with Crippen LogP contribution in [0.1, 0.15) is 48.9 Å². The van der Waals surface area contributed by atoms with Gasteiger partial charge in [-0.3, -0.25) is 9.59 Å². The van der Waals surface area contributed by atoms with Crippen LogP contribution in [0, 0.1) is 13.8 Å². The van der Waals surface area contributed by atoms with E-state index in [0.29, 0.717) is 30.3 Å². The second-order valence-electron chi connectivity index (χ2n) is 7.82. The van der Waals surface area contributed by atoms with Crippen LogP contribution in [0.25, 0.3) is 0 Å². The van der Waals surface area contributed by atoms with Gasteiger partial charge in [-0.25, -0.2) is 0 Å². The fourth-order valence-electron chi connectivity index (χ4n) is 3.59. The number of benzene rings is 2. The minimum Gasteiger partial charge on any atom is -0.354 e. The normalized spacial score (nSPS) is 11.8. The van der Waals surface area contributed by atoms with Gasteiger partial charge in [0, 0.05) is 23.9 Å². The highest BCUT2D eigenvalue weighted by Crippen LogP contribution is 2.22. The SMILES string of the molecule is CCCNC(=O)[C@H](CC)N(Cc1ccccc1Cl)C(=O)CSCc1cc(C)cc(C)c1. The summed E-state index contributed by atoms with van der Waals surface area (Å²) in [5, 5.41) is 3.54. The molecule has 0 saturated heterocycles. The Hall–Kier alpha value is -1.98. The highest BCUT2D eigenvalue weighted by Gasteiger charge is 2.28. The van der Waals surface area contributed by atoms with Gasteiger partial charge in [0.2, 0.25) is 11.8 Å². The monoisotopic (exact) mass is 460 g/mol. The molecule has 0 bridgehead atoms. The number of halogens is 1. The zero-order valence-electron chi connectivity index (χ0n) is 18.9. The van der Waals surface area contributed by atoms with E-state index < -0.39 is 6.04 Å². The molecule has 1 atom stereocenters. The fourth-order valence-corrected chi connectivity index (χ4v) is 4.63. The highest BCUT2D eigenvalue weighted by atomic mass is 35.5. The summed E-state index contributed by atoms with van der Waals surface area (Å²) >= 11 is 7.93. The minimum atomic E-state index is -0.517. The maximum atomic E-state index is 13.2. The van der Waals surface area contributed by atoms with Crippen LogP contribution in [-0.2, 0) is 21.9 Å². The Kier molecular flexibility index (Phi) is 10.4. The van der Waals surface area contributed by atoms with Crippen molar-refractivity contribution in [2.24, 2.45) is 0 Å². The Labute approximate surface area is 195 Å². The Morgan fingerprint density at radius 3 is 2.39 bits per heavy atom. The number of hydrogen-bond acceptors (Lipinski definition) is 3. The Bertz CT molecular complexity index is 867. The van der Waals surface area contributed by atoms with Crippen LogP contribution in [0.2, 0.25) is 5.02 Å². The van der Waals surface area contributed by atoms with Crippen LogP contribution in [0.4, 0.5) is 0 Å². The molecule has 0 aliphatic heterocycles. The molecule has 0 fully saturated rings. The number of nitrogens with zero attached hydrogens (tertiary/aromatic N) is 1. The van der Waals surface area contributed by atoms with Crippen LogP contribution >= 0.6 is 23.4 Å². The van der Waals surface area contributed by atoms with Gasteiger partial charge in [-0.05, 0) is 43.9 Å². The third-order valence-electron chi connectivity index (χ3n) is 5.01. The van der Waals surface area contributed by atoms with E-state index in [-0.39, 0.29) is 11.8 Å². The number of rotatable bonds is 11. The molecule has 0 saturated carbocycles. The lowest BCUT2D eigenvalue weighted by molar-refractivity contribution is -0.139. The van der Waals surface area contributed by atoms with Crippen LogP contribution in [0.15, 0.2) is 42.5 Å². The first kappa shape index (κ1) is 25.3. The van der Waals surface area contributed by atoms with Gasteiger partial charge in [-0.15, -0.1) is 11.8 Å². The molecule has 2 aromatic carbocycles. The predicted octanol–water partition coefficient (Wildman–Crippen LogP) is 5.52. The fraction of sp³-hybridized carbons (Fsp3) is 0.440. The molecule has 4 nitrogen and oxygen atoms in total. The van der Waals surface area contributed by atoms with Gasteiger partial charge in [-0.1, -0.05) is 73.0 Å². The minimum absolute atomic E-state index is 0.0483. The lowest BCUT2D eigenvalue weighted by Gasteiger charge is -2.31. The standard InChI is InChI=1S/C25H33ClN2O2S/c1-5-11-27-25(30)23(6-2)28(15-21-9-7-8-10-22(21)26)24(29)17-31-16-20-13-18(3)12-19(4)14-20/h7-10,12-14,23H,5-6,11,15-17H2,1-4H3,(H,27,30)/t23-/m0/s1. The average molecular weight is 461 g/mol. The molecule has 0 aliphatic rings. The number of nitrogens with one attached hydrogen (secondary N) is 1. The van der Waals surface area contributed by atoms with Crippen molar-refractivity contribution in [1.29, 1.82) is 0 Å². The maximum absolute atomic E-state index is 13.2. The first-order chi connectivity index (χ1) is 14.8. The van der Waals surface area contributed by atoms with Crippen molar-refractivity contribution in [2.75, 3.05) is 12.3 Å². The van der Waals surface area contributed by atoms with Crippen molar-refractivity contribution in [3.05, 3.63) is 69.7 Å². The van der Waals surface area contributed by atoms with Crippen molar-refractivity contribution in [2.45, 2.75) is 58.9 Å². The summed E-state index contributed by atoms with van der Waals surface area (Å²) in [5.74, 6) is 0.916. The van der Waals surface area contributed by atoms with Gasteiger partial charge in [-0.2, -0.15) is 0 Å². The van der Waals surface area contributed by atoms with Gasteiger partial charge in [0.25, 0.3) is 0 Å². The van der Waals surface area contributed by atoms with E-state index >= 15 is 0 Å². The number of aryl methyl sites for hydroxylation is 2. The Balaban J connectivity index is 2.14. The average Bonchev–Trinajstić information content (AvgIpc) is 2.72. The Morgan fingerprint density at radius 1 is 1.10 bits per heavy atom. The molecule has 168 valence electrons. The summed E-state index contributed by atoms with van der Waals surface area (Å²) in [7, 11) is 0. The number of thioether (sulfide) groups is 1. The van der Waals surface area contributed by atoms with E-state index in [2.05, 4.69) is 37.4 Å². The number of carbonyl (C=O) groups excluding carboxylic acids is 2. The molecule has 2 amide bonds. The molecule has 0 spiro atoms. The largest absolute Gasteiger partial charge is 0.354 e. The second-order valence-corrected chi connectivity index (χ2v) is 9.21. The van der Waals surface area contributed by atoms with Crippen LogP contribution in [0.5, 0.6) is 0 Å². The van der Waals surface area contributed by atoms with Crippen molar-refractivity contribution in [3.63, 3.8) is 0 Å². The first-order valence-corrected chi connectivity index (χ1v) is 12.3. The second kappa shape index (κ2) is 12.8. The van der Waals surface area contributed by atoms with Gasteiger partial charge in [0.15, 0.2) is 0 Å². The van der Waals surface area contributed by atoms with Gasteiger partial charge in [0.05, 0.1) is 5.75 Å². The molecule has 0 unspecified atom stereocenters. The molecular weight excluding hydrogens is 428 g/mol. The number of hydrogen-bond donors (Lipinski definition) is 1. The number of carbonyl (C=O) groups is 2. The van der Waals surface area contributed by atoms with Crippen molar-refractivity contribution in [1.82, 2.24) is 10.2 Å². The zero-order valence-corrected chi connectivity index (χ0v) is 20.5. The first-order valence-electron chi connectivity index (χ1n) is 10.8. The molecule has 6 heteroatoms. The van der Waals surface area contributed by atoms with Crippen LogP contribution < -0.4 is 5.32 Å². The molecule has 0 aliphatic carbocycles. The number of amides is 2. The summed E-state index contributed by atoms with van der Waals surface area (Å²) in [4.78, 5) is 27.7. The van der Waals surface area contributed by atoms with E-state index in [1.807, 2.05) is 38.1 Å².